The molecule has 0 aliphatic carbocycles. The minimum Gasteiger partial charge on any atom is -0.496 e. The van der Waals surface area contributed by atoms with Gasteiger partial charge in [-0.1, -0.05) is 18.2 Å². The monoisotopic (exact) mass is 504 g/mol. The van der Waals surface area contributed by atoms with Gasteiger partial charge in [0.1, 0.15) is 16.9 Å². The van der Waals surface area contributed by atoms with Crippen molar-refractivity contribution in [3.05, 3.63) is 45.9 Å². The zero-order chi connectivity index (χ0) is 18.9. The van der Waals surface area contributed by atoms with Crippen LogP contribution in [-0.4, -0.2) is 50.7 Å². The number of ether oxygens (including phenoxy) is 2. The molecule has 1 atom stereocenters. The SMILES string of the molecule is CN=C(NCCc1ccccc1OC)N(C)Cc1csc(C(C)OC)n1.I. The number of guanidine groups is 1. The van der Waals surface area contributed by atoms with E-state index in [1.165, 1.54) is 5.56 Å². The van der Waals surface area contributed by atoms with Gasteiger partial charge in [-0.15, -0.1) is 35.3 Å². The van der Waals surface area contributed by atoms with Crippen molar-refractivity contribution in [2.24, 2.45) is 4.99 Å². The summed E-state index contributed by atoms with van der Waals surface area (Å²) in [6.07, 6.45) is 0.889. The second kappa shape index (κ2) is 12.1. The maximum absolute atomic E-state index is 5.40. The van der Waals surface area contributed by atoms with Crippen molar-refractivity contribution >= 4 is 41.3 Å². The molecule has 1 heterocycles. The lowest BCUT2D eigenvalue weighted by Crippen LogP contribution is -2.39. The van der Waals surface area contributed by atoms with E-state index in [2.05, 4.69) is 31.6 Å². The van der Waals surface area contributed by atoms with E-state index in [4.69, 9.17) is 9.47 Å². The van der Waals surface area contributed by atoms with Crippen LogP contribution < -0.4 is 10.1 Å². The molecule has 0 spiro atoms. The van der Waals surface area contributed by atoms with Crippen LogP contribution in [0.5, 0.6) is 5.75 Å². The zero-order valence-corrected chi connectivity index (χ0v) is 19.7. The van der Waals surface area contributed by atoms with E-state index in [-0.39, 0.29) is 30.1 Å². The van der Waals surface area contributed by atoms with Crippen LogP contribution >= 0.6 is 35.3 Å². The molecule has 2 rings (SSSR count). The number of nitrogens with zero attached hydrogens (tertiary/aromatic N) is 3. The number of nitrogens with one attached hydrogen (secondary N) is 1. The third-order valence-electron chi connectivity index (χ3n) is 4.11. The summed E-state index contributed by atoms with van der Waals surface area (Å²) in [5.74, 6) is 1.76. The van der Waals surface area contributed by atoms with Crippen LogP contribution in [0.2, 0.25) is 0 Å². The average Bonchev–Trinajstić information content (AvgIpc) is 3.13. The van der Waals surface area contributed by atoms with Gasteiger partial charge in [0.2, 0.25) is 0 Å². The molecule has 0 amide bonds. The number of halogens is 1. The van der Waals surface area contributed by atoms with Gasteiger partial charge >= 0.3 is 0 Å². The van der Waals surface area contributed by atoms with Crippen molar-refractivity contribution in [3.63, 3.8) is 0 Å². The molecule has 0 fully saturated rings. The summed E-state index contributed by atoms with van der Waals surface area (Å²) in [5, 5.41) is 6.47. The summed E-state index contributed by atoms with van der Waals surface area (Å²) in [5.41, 5.74) is 2.20. The van der Waals surface area contributed by atoms with Crippen LogP contribution in [0.15, 0.2) is 34.6 Å². The second-order valence-electron chi connectivity index (χ2n) is 5.95. The fourth-order valence-corrected chi connectivity index (χ4v) is 3.45. The molecule has 0 radical (unpaired) electrons. The van der Waals surface area contributed by atoms with Crippen LogP contribution in [0, 0.1) is 0 Å². The molecule has 0 bridgehead atoms. The zero-order valence-electron chi connectivity index (χ0n) is 16.6. The van der Waals surface area contributed by atoms with Gasteiger partial charge in [-0.25, -0.2) is 4.98 Å². The summed E-state index contributed by atoms with van der Waals surface area (Å²) in [6.45, 7) is 3.48. The fraction of sp³-hybridized carbons (Fsp3) is 0.474. The number of benzene rings is 1. The maximum Gasteiger partial charge on any atom is 0.193 e. The fourth-order valence-electron chi connectivity index (χ4n) is 2.60. The lowest BCUT2D eigenvalue weighted by Gasteiger charge is -2.21. The Kier molecular flexibility index (Phi) is 10.6. The first kappa shape index (κ1) is 23.6. The minimum absolute atomic E-state index is 0. The summed E-state index contributed by atoms with van der Waals surface area (Å²) in [7, 11) is 7.20. The van der Waals surface area contributed by atoms with Gasteiger partial charge in [-0.05, 0) is 25.0 Å². The molecule has 8 heteroatoms. The van der Waals surface area contributed by atoms with Gasteiger partial charge in [0, 0.05) is 33.1 Å². The van der Waals surface area contributed by atoms with Gasteiger partial charge in [0.15, 0.2) is 5.96 Å². The molecule has 27 heavy (non-hydrogen) atoms. The van der Waals surface area contributed by atoms with Crippen molar-refractivity contribution in [3.8, 4) is 5.75 Å². The number of hydrogen-bond acceptors (Lipinski definition) is 5. The molecule has 1 aromatic carbocycles. The van der Waals surface area contributed by atoms with Crippen LogP contribution in [0.1, 0.15) is 29.3 Å². The van der Waals surface area contributed by atoms with Crippen LogP contribution in [0.25, 0.3) is 0 Å². The Morgan fingerprint density at radius 3 is 2.74 bits per heavy atom. The number of aliphatic imine (C=N–C) groups is 1. The number of rotatable bonds is 8. The topological polar surface area (TPSA) is 59.0 Å². The molecular weight excluding hydrogens is 475 g/mol. The Morgan fingerprint density at radius 2 is 2.07 bits per heavy atom. The Labute approximate surface area is 183 Å². The third kappa shape index (κ3) is 6.93. The first-order valence-corrected chi connectivity index (χ1v) is 9.47. The van der Waals surface area contributed by atoms with Crippen molar-refractivity contribution in [2.75, 3.05) is 34.9 Å². The standard InChI is InChI=1S/C19H28N4O2S.HI/c1-14(24-4)18-22-16(13-26-18)12-23(3)19(20-2)21-11-10-15-8-6-7-9-17(15)25-5;/h6-9,13-14H,10-12H2,1-5H3,(H,20,21);1H. The second-order valence-corrected chi connectivity index (χ2v) is 6.84. The first-order valence-electron chi connectivity index (χ1n) is 8.59. The highest BCUT2D eigenvalue weighted by atomic mass is 127. The molecule has 1 N–H and O–H groups in total. The Hall–Kier alpha value is -1.39. The molecule has 0 aliphatic heterocycles. The predicted octanol–water partition coefficient (Wildman–Crippen LogP) is 3.73. The molecule has 0 aliphatic rings. The minimum atomic E-state index is 0. The maximum atomic E-state index is 5.40. The summed E-state index contributed by atoms with van der Waals surface area (Å²) >= 11 is 1.63. The smallest absolute Gasteiger partial charge is 0.193 e. The highest BCUT2D eigenvalue weighted by Gasteiger charge is 2.12. The largest absolute Gasteiger partial charge is 0.496 e. The number of aromatic nitrogens is 1. The van der Waals surface area contributed by atoms with E-state index in [1.54, 1.807) is 32.6 Å². The molecule has 150 valence electrons. The van der Waals surface area contributed by atoms with E-state index in [0.29, 0.717) is 6.54 Å². The normalized spacial score (nSPS) is 12.3. The van der Waals surface area contributed by atoms with Crippen LogP contribution in [-0.2, 0) is 17.7 Å². The Bertz CT molecular complexity index is 723. The lowest BCUT2D eigenvalue weighted by molar-refractivity contribution is 0.119. The molecule has 6 nitrogen and oxygen atoms in total. The van der Waals surface area contributed by atoms with E-state index in [0.717, 1.165) is 35.4 Å². The Balaban J connectivity index is 0.00000364. The van der Waals surface area contributed by atoms with E-state index < -0.39 is 0 Å². The molecule has 1 aromatic heterocycles. The summed E-state index contributed by atoms with van der Waals surface area (Å²) < 4.78 is 10.7. The molecular formula is C19H29IN4O2S. The number of methoxy groups -OCH3 is 2. The van der Waals surface area contributed by atoms with Gasteiger partial charge in [-0.2, -0.15) is 0 Å². The highest BCUT2D eigenvalue weighted by Crippen LogP contribution is 2.21. The van der Waals surface area contributed by atoms with Gasteiger partial charge in [-0.3, -0.25) is 4.99 Å². The molecule has 0 saturated heterocycles. The van der Waals surface area contributed by atoms with Crippen molar-refractivity contribution in [1.82, 2.24) is 15.2 Å². The molecule has 2 aromatic rings. The molecule has 1 unspecified atom stereocenters. The lowest BCUT2D eigenvalue weighted by atomic mass is 10.1. The van der Waals surface area contributed by atoms with Crippen molar-refractivity contribution in [1.29, 1.82) is 0 Å². The number of thiazole rings is 1. The van der Waals surface area contributed by atoms with E-state index in [9.17, 15) is 0 Å². The van der Waals surface area contributed by atoms with Gasteiger partial charge in [0.25, 0.3) is 0 Å². The number of para-hydroxylation sites is 1. The van der Waals surface area contributed by atoms with E-state index >= 15 is 0 Å². The van der Waals surface area contributed by atoms with Crippen molar-refractivity contribution in [2.45, 2.75) is 26.0 Å². The third-order valence-corrected chi connectivity index (χ3v) is 5.17. The van der Waals surface area contributed by atoms with Crippen LogP contribution in [0.3, 0.4) is 0 Å². The molecule has 0 saturated carbocycles. The summed E-state index contributed by atoms with van der Waals surface area (Å²) in [4.78, 5) is 11.1. The highest BCUT2D eigenvalue weighted by molar-refractivity contribution is 14.0. The summed E-state index contributed by atoms with van der Waals surface area (Å²) in [6, 6.07) is 8.08. The number of hydrogen-bond donors (Lipinski definition) is 1. The average molecular weight is 504 g/mol. The predicted molar refractivity (Wildman–Crippen MR) is 122 cm³/mol. The quantitative estimate of drug-likeness (QED) is 0.338. The van der Waals surface area contributed by atoms with Gasteiger partial charge < -0.3 is 19.7 Å². The van der Waals surface area contributed by atoms with E-state index in [1.807, 2.05) is 32.2 Å². The van der Waals surface area contributed by atoms with Crippen LogP contribution in [0.4, 0.5) is 0 Å². The van der Waals surface area contributed by atoms with Gasteiger partial charge in [0.05, 0.1) is 19.3 Å². The Morgan fingerprint density at radius 1 is 1.33 bits per heavy atom. The van der Waals surface area contributed by atoms with Crippen molar-refractivity contribution < 1.29 is 9.47 Å². The first-order chi connectivity index (χ1) is 12.6.